The van der Waals surface area contributed by atoms with Gasteiger partial charge >= 0.3 is 0 Å². The molecule has 2 heterocycles. The van der Waals surface area contributed by atoms with Gasteiger partial charge in [-0.15, -0.1) is 0 Å². The van der Waals surface area contributed by atoms with E-state index in [1.807, 2.05) is 47.4 Å². The summed E-state index contributed by atoms with van der Waals surface area (Å²) in [7, 11) is 0. The normalized spacial score (nSPS) is 20.4. The van der Waals surface area contributed by atoms with Crippen LogP contribution in [0.5, 0.6) is 0 Å². The first-order valence-corrected chi connectivity index (χ1v) is 13.0. The molecule has 2 aliphatic rings. The van der Waals surface area contributed by atoms with Crippen LogP contribution in [0.3, 0.4) is 0 Å². The van der Waals surface area contributed by atoms with Crippen molar-refractivity contribution in [2.45, 2.75) is 38.4 Å². The maximum Gasteiger partial charge on any atom is 0.224 e. The molecular formula is C29H40N6O. The summed E-state index contributed by atoms with van der Waals surface area (Å²) in [5.74, 6) is 0.794. The fraction of sp³-hybridized carbons (Fsp3) is 0.414. The van der Waals surface area contributed by atoms with Crippen LogP contribution in [0.4, 0.5) is 11.4 Å². The number of nitrogens with zero attached hydrogens (tertiary/aromatic N) is 2. The molecule has 0 aromatic heterocycles. The van der Waals surface area contributed by atoms with Crippen LogP contribution in [-0.2, 0) is 4.79 Å². The van der Waals surface area contributed by atoms with Gasteiger partial charge in [0.2, 0.25) is 5.91 Å². The number of hydrogen-bond acceptors (Lipinski definition) is 6. The van der Waals surface area contributed by atoms with Gasteiger partial charge in [-0.3, -0.25) is 10.1 Å². The van der Waals surface area contributed by atoms with Gasteiger partial charge in [0.1, 0.15) is 0 Å². The van der Waals surface area contributed by atoms with Gasteiger partial charge in [0, 0.05) is 49.8 Å². The highest BCUT2D eigenvalue weighted by atomic mass is 16.2. The second-order valence-electron chi connectivity index (χ2n) is 9.77. The predicted octanol–water partition coefficient (Wildman–Crippen LogP) is 3.92. The lowest BCUT2D eigenvalue weighted by Gasteiger charge is -2.36. The highest BCUT2D eigenvalue weighted by Gasteiger charge is 2.30. The number of benzene rings is 2. The monoisotopic (exact) mass is 488 g/mol. The molecule has 2 aromatic rings. The summed E-state index contributed by atoms with van der Waals surface area (Å²) in [6, 6.07) is 17.8. The van der Waals surface area contributed by atoms with Crippen molar-refractivity contribution in [2.75, 3.05) is 43.8 Å². The van der Waals surface area contributed by atoms with Gasteiger partial charge in [0.15, 0.2) is 0 Å². The van der Waals surface area contributed by atoms with Crippen molar-refractivity contribution in [3.05, 3.63) is 84.7 Å². The van der Waals surface area contributed by atoms with Gasteiger partial charge in [0.05, 0.1) is 18.6 Å². The van der Waals surface area contributed by atoms with Crippen LogP contribution in [0.25, 0.3) is 0 Å². The molecule has 2 aromatic carbocycles. The standard InChI is InChI=1S/C29H40N6O/c1-3-31-16-13-27-20-32-22(2)35(27)21-23-14-17-34(18-15-23)29(36)19-28(24-7-5-4-6-8-24)33-26-11-9-25(30)10-12-26/h3-13,22-23,28,31-33H,1,14-21,30H2,2H3/b27-13+. The van der Waals surface area contributed by atoms with Crippen molar-refractivity contribution in [2.24, 2.45) is 5.92 Å². The molecule has 1 amide bonds. The topological polar surface area (TPSA) is 85.7 Å². The Morgan fingerprint density at radius 1 is 1.17 bits per heavy atom. The van der Waals surface area contributed by atoms with Crippen LogP contribution in [0, 0.1) is 5.92 Å². The Morgan fingerprint density at radius 2 is 1.89 bits per heavy atom. The van der Waals surface area contributed by atoms with E-state index in [2.05, 4.69) is 52.6 Å². The number of amides is 1. The Morgan fingerprint density at radius 3 is 2.58 bits per heavy atom. The minimum Gasteiger partial charge on any atom is -0.399 e. The van der Waals surface area contributed by atoms with Gasteiger partial charge < -0.3 is 26.2 Å². The molecule has 0 saturated carbocycles. The van der Waals surface area contributed by atoms with Crippen molar-refractivity contribution >= 4 is 17.3 Å². The first-order valence-electron chi connectivity index (χ1n) is 13.0. The molecule has 2 unspecified atom stereocenters. The van der Waals surface area contributed by atoms with E-state index in [1.54, 1.807) is 6.20 Å². The van der Waals surface area contributed by atoms with Crippen molar-refractivity contribution in [1.29, 1.82) is 0 Å². The van der Waals surface area contributed by atoms with E-state index in [4.69, 9.17) is 5.73 Å². The molecule has 4 rings (SSSR count). The molecule has 2 aliphatic heterocycles. The molecule has 2 saturated heterocycles. The number of nitrogens with two attached hydrogens (primary N) is 1. The summed E-state index contributed by atoms with van der Waals surface area (Å²) in [5.41, 5.74) is 9.99. The van der Waals surface area contributed by atoms with Gasteiger partial charge in [-0.1, -0.05) is 36.9 Å². The maximum absolute atomic E-state index is 13.3. The first-order chi connectivity index (χ1) is 17.5. The third-order valence-electron chi connectivity index (χ3n) is 7.27. The first kappa shape index (κ1) is 25.6. The maximum atomic E-state index is 13.3. The highest BCUT2D eigenvalue weighted by molar-refractivity contribution is 5.77. The highest BCUT2D eigenvalue weighted by Crippen LogP contribution is 2.27. The number of anilines is 2. The van der Waals surface area contributed by atoms with Crippen molar-refractivity contribution in [3.8, 4) is 0 Å². The zero-order valence-corrected chi connectivity index (χ0v) is 21.3. The second-order valence-corrected chi connectivity index (χ2v) is 9.77. The Kier molecular flexibility index (Phi) is 8.90. The summed E-state index contributed by atoms with van der Waals surface area (Å²) in [4.78, 5) is 17.9. The van der Waals surface area contributed by atoms with E-state index in [9.17, 15) is 4.79 Å². The smallest absolute Gasteiger partial charge is 0.224 e. The Balaban J connectivity index is 1.33. The predicted molar refractivity (Wildman–Crippen MR) is 148 cm³/mol. The van der Waals surface area contributed by atoms with Crippen LogP contribution in [0.1, 0.15) is 37.8 Å². The summed E-state index contributed by atoms with van der Waals surface area (Å²) in [6.45, 7) is 10.3. The molecule has 0 spiro atoms. The lowest BCUT2D eigenvalue weighted by atomic mass is 9.95. The average molecular weight is 489 g/mol. The number of rotatable bonds is 10. The van der Waals surface area contributed by atoms with E-state index in [1.165, 1.54) is 5.70 Å². The zero-order valence-electron chi connectivity index (χ0n) is 21.3. The van der Waals surface area contributed by atoms with Gasteiger partial charge in [-0.05, 0) is 67.8 Å². The van der Waals surface area contributed by atoms with E-state index >= 15 is 0 Å². The van der Waals surface area contributed by atoms with Crippen LogP contribution in [0.2, 0.25) is 0 Å². The van der Waals surface area contributed by atoms with E-state index < -0.39 is 0 Å². The molecular weight excluding hydrogens is 448 g/mol. The number of carbonyl (C=O) groups excluding carboxylic acids is 1. The van der Waals surface area contributed by atoms with E-state index in [0.717, 1.165) is 62.5 Å². The van der Waals surface area contributed by atoms with Crippen LogP contribution in [-0.4, -0.2) is 54.6 Å². The van der Waals surface area contributed by atoms with Crippen molar-refractivity contribution in [1.82, 2.24) is 20.4 Å². The average Bonchev–Trinajstić information content (AvgIpc) is 3.24. The van der Waals surface area contributed by atoms with Gasteiger partial charge in [-0.25, -0.2) is 0 Å². The summed E-state index contributed by atoms with van der Waals surface area (Å²) < 4.78 is 0. The third-order valence-corrected chi connectivity index (χ3v) is 7.27. The lowest BCUT2D eigenvalue weighted by molar-refractivity contribution is -0.133. The molecule has 2 fully saturated rings. The number of likely N-dealkylation sites (tertiary alicyclic amines) is 1. The molecule has 7 nitrogen and oxygen atoms in total. The summed E-state index contributed by atoms with van der Waals surface area (Å²) in [6.07, 6.45) is 6.81. The Labute approximate surface area is 215 Å². The fourth-order valence-electron chi connectivity index (χ4n) is 5.10. The minimum absolute atomic E-state index is 0.0894. The number of hydrogen-bond donors (Lipinski definition) is 4. The zero-order chi connectivity index (χ0) is 25.3. The molecule has 0 aliphatic carbocycles. The van der Waals surface area contributed by atoms with Crippen molar-refractivity contribution in [3.63, 3.8) is 0 Å². The van der Waals surface area contributed by atoms with Crippen LogP contribution >= 0.6 is 0 Å². The second kappa shape index (κ2) is 12.5. The fourth-order valence-corrected chi connectivity index (χ4v) is 5.10. The molecule has 5 N–H and O–H groups in total. The van der Waals surface area contributed by atoms with Gasteiger partial charge in [-0.2, -0.15) is 0 Å². The SMILES string of the molecule is C=CNC/C=C1\CNC(C)N1CC1CCN(C(=O)CC(Nc2ccc(N)cc2)c2ccccc2)CC1. The lowest BCUT2D eigenvalue weighted by Crippen LogP contribution is -2.43. The Bertz CT molecular complexity index is 1010. The molecule has 0 radical (unpaired) electrons. The van der Waals surface area contributed by atoms with Crippen LogP contribution < -0.4 is 21.7 Å². The molecule has 2 atom stereocenters. The van der Waals surface area contributed by atoms with E-state index in [-0.39, 0.29) is 11.9 Å². The minimum atomic E-state index is -0.0894. The summed E-state index contributed by atoms with van der Waals surface area (Å²) >= 11 is 0. The van der Waals surface area contributed by atoms with Crippen LogP contribution in [0.15, 0.2) is 79.1 Å². The Hall–Kier alpha value is -3.45. The largest absolute Gasteiger partial charge is 0.399 e. The van der Waals surface area contributed by atoms with E-state index in [0.29, 0.717) is 18.5 Å². The van der Waals surface area contributed by atoms with Gasteiger partial charge in [0.25, 0.3) is 0 Å². The number of piperidine rings is 1. The molecule has 7 heteroatoms. The number of nitrogens with one attached hydrogen (secondary N) is 3. The quantitative estimate of drug-likeness (QED) is 0.300. The number of carbonyl (C=O) groups is 1. The molecule has 192 valence electrons. The molecule has 36 heavy (non-hydrogen) atoms. The van der Waals surface area contributed by atoms with Crippen molar-refractivity contribution < 1.29 is 4.79 Å². The third kappa shape index (κ3) is 6.82. The molecule has 0 bridgehead atoms. The number of nitrogen functional groups attached to an aromatic ring is 1. The summed E-state index contributed by atoms with van der Waals surface area (Å²) in [5, 5.41) is 10.3.